The monoisotopic (exact) mass is 471 g/mol. The number of nitrogens with zero attached hydrogens (tertiary/aromatic N) is 2. The molecule has 1 aromatic heterocycles. The highest BCUT2D eigenvalue weighted by Gasteiger charge is 2.21. The predicted molar refractivity (Wildman–Crippen MR) is 137 cm³/mol. The van der Waals surface area contributed by atoms with Crippen LogP contribution in [0.3, 0.4) is 0 Å². The fraction of sp³-hybridized carbons (Fsp3) is 0.346. The van der Waals surface area contributed by atoms with E-state index in [4.69, 9.17) is 0 Å². The maximum atomic E-state index is 12.9. The molecule has 7 heteroatoms. The summed E-state index contributed by atoms with van der Waals surface area (Å²) in [4.78, 5) is 20.9. The number of sulfonamides is 1. The second-order valence-electron chi connectivity index (χ2n) is 6.32. The van der Waals surface area contributed by atoms with Gasteiger partial charge >= 0.3 is 0 Å². The largest absolute Gasteiger partial charge is 0.287 e. The number of ketones is 1. The van der Waals surface area contributed by atoms with Gasteiger partial charge in [-0.05, 0) is 56.2 Å². The normalized spacial score (nSPS) is 9.73. The Morgan fingerprint density at radius 1 is 0.818 bits per heavy atom. The lowest BCUT2D eigenvalue weighted by molar-refractivity contribution is 0.103. The SMILES string of the molecule is CC.CC.CC.Cc1ccc(S(=O)(=O)Nc2cc(C)c(C)cc2C(=O)c2cnccn2)cc1. The predicted octanol–water partition coefficient (Wildman–Crippen LogP) is 6.51. The molecule has 180 valence electrons. The van der Waals surface area contributed by atoms with Crippen LogP contribution in [0.1, 0.15) is 74.3 Å². The average molecular weight is 472 g/mol. The summed E-state index contributed by atoms with van der Waals surface area (Å²) >= 11 is 0. The highest BCUT2D eigenvalue weighted by Crippen LogP contribution is 2.26. The molecule has 2 aromatic carbocycles. The van der Waals surface area contributed by atoms with Crippen molar-refractivity contribution in [1.82, 2.24) is 9.97 Å². The first kappa shape index (κ1) is 29.9. The van der Waals surface area contributed by atoms with E-state index in [1.54, 1.807) is 24.3 Å². The summed E-state index contributed by atoms with van der Waals surface area (Å²) in [5.74, 6) is -0.396. The molecule has 0 spiro atoms. The Hall–Kier alpha value is -3.06. The van der Waals surface area contributed by atoms with Crippen molar-refractivity contribution in [3.8, 4) is 0 Å². The van der Waals surface area contributed by atoms with Crippen LogP contribution in [-0.2, 0) is 10.0 Å². The third-order valence-corrected chi connectivity index (χ3v) is 5.63. The molecule has 0 radical (unpaired) electrons. The number of nitrogens with one attached hydrogen (secondary N) is 1. The molecule has 0 atom stereocenters. The molecule has 0 aliphatic carbocycles. The molecule has 0 bridgehead atoms. The van der Waals surface area contributed by atoms with Crippen LogP contribution in [0.15, 0.2) is 59.9 Å². The van der Waals surface area contributed by atoms with Gasteiger partial charge in [-0.3, -0.25) is 14.5 Å². The number of hydrogen-bond acceptors (Lipinski definition) is 5. The second-order valence-corrected chi connectivity index (χ2v) is 8.00. The maximum Gasteiger partial charge on any atom is 0.261 e. The second kappa shape index (κ2) is 14.9. The van der Waals surface area contributed by atoms with Crippen molar-refractivity contribution in [2.24, 2.45) is 0 Å². The van der Waals surface area contributed by atoms with Crippen molar-refractivity contribution >= 4 is 21.5 Å². The van der Waals surface area contributed by atoms with E-state index in [9.17, 15) is 13.2 Å². The molecule has 6 nitrogen and oxygen atoms in total. The number of anilines is 1. The number of benzene rings is 2. The topological polar surface area (TPSA) is 89.0 Å². The minimum absolute atomic E-state index is 0.129. The zero-order valence-electron chi connectivity index (χ0n) is 21.2. The minimum atomic E-state index is -3.84. The van der Waals surface area contributed by atoms with Gasteiger partial charge in [-0.15, -0.1) is 0 Å². The molecule has 1 N–H and O–H groups in total. The standard InChI is InChI=1S/C20H19N3O3S.3C2H6/c1-13-4-6-16(7-5-13)27(25,26)23-18-11-15(3)14(2)10-17(18)20(24)19-12-21-8-9-22-19;3*1-2/h4-12,23H,1-3H3;3*1-2H3. The lowest BCUT2D eigenvalue weighted by atomic mass is 10.00. The zero-order valence-corrected chi connectivity index (χ0v) is 22.0. The minimum Gasteiger partial charge on any atom is -0.287 e. The molecule has 0 aliphatic heterocycles. The zero-order chi connectivity index (χ0) is 25.6. The van der Waals surface area contributed by atoms with E-state index in [-0.39, 0.29) is 21.8 Å². The molecular weight excluding hydrogens is 434 g/mol. The van der Waals surface area contributed by atoms with Gasteiger partial charge in [0.15, 0.2) is 0 Å². The van der Waals surface area contributed by atoms with Gasteiger partial charge in [0.1, 0.15) is 5.69 Å². The Labute approximate surface area is 199 Å². The highest BCUT2D eigenvalue weighted by molar-refractivity contribution is 7.92. The van der Waals surface area contributed by atoms with Crippen molar-refractivity contribution in [2.45, 2.75) is 67.2 Å². The molecular formula is C26H37N3O3S. The summed E-state index contributed by atoms with van der Waals surface area (Å²) in [7, 11) is -3.84. The van der Waals surface area contributed by atoms with Crippen LogP contribution in [0.4, 0.5) is 5.69 Å². The smallest absolute Gasteiger partial charge is 0.261 e. The van der Waals surface area contributed by atoms with Crippen molar-refractivity contribution in [2.75, 3.05) is 4.72 Å². The average Bonchev–Trinajstić information content (AvgIpc) is 2.85. The summed E-state index contributed by atoms with van der Waals surface area (Å²) in [6, 6.07) is 9.83. The van der Waals surface area contributed by atoms with Crippen LogP contribution in [0.25, 0.3) is 0 Å². The summed E-state index contributed by atoms with van der Waals surface area (Å²) in [5, 5.41) is 0. The summed E-state index contributed by atoms with van der Waals surface area (Å²) < 4.78 is 28.1. The highest BCUT2D eigenvalue weighted by atomic mass is 32.2. The molecule has 0 saturated heterocycles. The van der Waals surface area contributed by atoms with Gasteiger partial charge in [0.25, 0.3) is 10.0 Å². The molecule has 3 aromatic rings. The number of aromatic nitrogens is 2. The summed E-state index contributed by atoms with van der Waals surface area (Å²) in [6.07, 6.45) is 4.25. The first-order valence-corrected chi connectivity index (χ1v) is 12.8. The van der Waals surface area contributed by atoms with Crippen LogP contribution in [0, 0.1) is 20.8 Å². The van der Waals surface area contributed by atoms with Gasteiger partial charge in [-0.1, -0.05) is 59.2 Å². The molecule has 0 fully saturated rings. The van der Waals surface area contributed by atoms with Gasteiger partial charge in [-0.25, -0.2) is 13.4 Å². The Morgan fingerprint density at radius 3 is 1.88 bits per heavy atom. The fourth-order valence-corrected chi connectivity index (χ4v) is 3.63. The Bertz CT molecular complexity index is 1100. The van der Waals surface area contributed by atoms with Gasteiger partial charge in [0, 0.05) is 18.0 Å². The molecule has 3 rings (SSSR count). The molecule has 0 amide bonds. The van der Waals surface area contributed by atoms with Crippen LogP contribution in [0.2, 0.25) is 0 Å². The van der Waals surface area contributed by atoms with E-state index < -0.39 is 15.8 Å². The van der Waals surface area contributed by atoms with E-state index in [0.29, 0.717) is 0 Å². The van der Waals surface area contributed by atoms with Crippen LogP contribution in [-0.4, -0.2) is 24.2 Å². The maximum absolute atomic E-state index is 12.9. The van der Waals surface area contributed by atoms with Gasteiger partial charge in [-0.2, -0.15) is 0 Å². The van der Waals surface area contributed by atoms with Crippen molar-refractivity contribution in [3.05, 3.63) is 82.9 Å². The third-order valence-electron chi connectivity index (χ3n) is 4.25. The molecule has 1 heterocycles. The lowest BCUT2D eigenvalue weighted by Crippen LogP contribution is -2.17. The molecule has 0 aliphatic rings. The van der Waals surface area contributed by atoms with Crippen molar-refractivity contribution < 1.29 is 13.2 Å². The van der Waals surface area contributed by atoms with Gasteiger partial charge in [0.2, 0.25) is 5.78 Å². The third kappa shape index (κ3) is 8.42. The quantitative estimate of drug-likeness (QED) is 0.428. The van der Waals surface area contributed by atoms with E-state index >= 15 is 0 Å². The number of carbonyl (C=O) groups excluding carboxylic acids is 1. The summed E-state index contributed by atoms with van der Waals surface area (Å²) in [5.41, 5.74) is 3.30. The van der Waals surface area contributed by atoms with Gasteiger partial charge < -0.3 is 0 Å². The van der Waals surface area contributed by atoms with Crippen molar-refractivity contribution in [3.63, 3.8) is 0 Å². The number of aryl methyl sites for hydroxylation is 3. The summed E-state index contributed by atoms with van der Waals surface area (Å²) in [6.45, 7) is 17.6. The van der Waals surface area contributed by atoms with Crippen LogP contribution >= 0.6 is 0 Å². The molecule has 0 unspecified atom stereocenters. The number of rotatable bonds is 5. The molecule has 33 heavy (non-hydrogen) atoms. The first-order valence-electron chi connectivity index (χ1n) is 11.3. The van der Waals surface area contributed by atoms with Crippen LogP contribution in [0.5, 0.6) is 0 Å². The van der Waals surface area contributed by atoms with Crippen LogP contribution < -0.4 is 4.72 Å². The lowest BCUT2D eigenvalue weighted by Gasteiger charge is -2.14. The van der Waals surface area contributed by atoms with Gasteiger partial charge in [0.05, 0.1) is 16.8 Å². The van der Waals surface area contributed by atoms with E-state index in [2.05, 4.69) is 14.7 Å². The Morgan fingerprint density at radius 2 is 1.36 bits per heavy atom. The fourth-order valence-electron chi connectivity index (χ4n) is 2.56. The Kier molecular flexibility index (Phi) is 13.5. The Balaban J connectivity index is 0.00000158. The number of hydrogen-bond donors (Lipinski definition) is 1. The van der Waals surface area contributed by atoms with E-state index in [1.807, 2.05) is 62.3 Å². The number of carbonyl (C=O) groups is 1. The first-order chi connectivity index (χ1) is 15.8. The van der Waals surface area contributed by atoms with E-state index in [1.165, 1.54) is 30.7 Å². The van der Waals surface area contributed by atoms with E-state index in [0.717, 1.165) is 16.7 Å². The van der Waals surface area contributed by atoms with Crippen molar-refractivity contribution in [1.29, 1.82) is 0 Å². The molecule has 0 saturated carbocycles.